The third-order valence-electron chi connectivity index (χ3n) is 3.81. The van der Waals surface area contributed by atoms with Crippen LogP contribution in [0.4, 0.5) is 5.69 Å². The van der Waals surface area contributed by atoms with Crippen molar-refractivity contribution in [3.05, 3.63) is 29.8 Å². The number of fused-ring (bicyclic) bond motifs is 1. The van der Waals surface area contributed by atoms with Gasteiger partial charge in [0.2, 0.25) is 5.91 Å². The fourth-order valence-corrected chi connectivity index (χ4v) is 2.65. The first-order valence-corrected chi connectivity index (χ1v) is 6.36. The molecule has 0 atom stereocenters. The molecule has 0 unspecified atom stereocenters. The normalized spacial score (nSPS) is 20.2. The first-order chi connectivity index (χ1) is 8.38. The SMILES string of the molecule is CC(C)(C)C(=O)N1c2ccccc2C(=O)C12CC2. The number of carbonyl (C=O) groups is 2. The molecule has 3 rings (SSSR count). The summed E-state index contributed by atoms with van der Waals surface area (Å²) in [5.41, 5.74) is 0.481. The topological polar surface area (TPSA) is 37.4 Å². The summed E-state index contributed by atoms with van der Waals surface area (Å²) in [5, 5.41) is 0. The highest BCUT2D eigenvalue weighted by Crippen LogP contribution is 2.54. The van der Waals surface area contributed by atoms with Gasteiger partial charge in [0.15, 0.2) is 5.78 Å². The quantitative estimate of drug-likeness (QED) is 0.702. The number of nitrogens with zero attached hydrogens (tertiary/aromatic N) is 1. The minimum absolute atomic E-state index is 0.0401. The van der Waals surface area contributed by atoms with Crippen molar-refractivity contribution in [1.29, 1.82) is 0 Å². The molecule has 94 valence electrons. The van der Waals surface area contributed by atoms with E-state index in [9.17, 15) is 9.59 Å². The molecule has 18 heavy (non-hydrogen) atoms. The van der Waals surface area contributed by atoms with Crippen molar-refractivity contribution >= 4 is 17.4 Å². The Morgan fingerprint density at radius 3 is 2.39 bits per heavy atom. The highest BCUT2D eigenvalue weighted by molar-refractivity contribution is 6.22. The molecule has 0 saturated heterocycles. The molecular formula is C15H17NO2. The summed E-state index contributed by atoms with van der Waals surface area (Å²) in [6.45, 7) is 5.70. The van der Waals surface area contributed by atoms with Crippen LogP contribution < -0.4 is 4.90 Å². The van der Waals surface area contributed by atoms with Gasteiger partial charge in [0, 0.05) is 11.0 Å². The average molecular weight is 243 g/mol. The van der Waals surface area contributed by atoms with E-state index in [1.807, 2.05) is 45.0 Å². The summed E-state index contributed by atoms with van der Waals surface area (Å²) in [7, 11) is 0. The Bertz CT molecular complexity index is 550. The number of Topliss-reactive ketones (excluding diaryl/α,β-unsaturated/α-hetero) is 1. The number of para-hydroxylation sites is 1. The number of hydrogen-bond acceptors (Lipinski definition) is 2. The predicted molar refractivity (Wildman–Crippen MR) is 69.7 cm³/mol. The van der Waals surface area contributed by atoms with E-state index >= 15 is 0 Å². The lowest BCUT2D eigenvalue weighted by molar-refractivity contribution is -0.126. The first-order valence-electron chi connectivity index (χ1n) is 6.36. The monoisotopic (exact) mass is 243 g/mol. The van der Waals surface area contributed by atoms with Gasteiger partial charge in [0.05, 0.1) is 5.69 Å². The zero-order valence-corrected chi connectivity index (χ0v) is 11.0. The fourth-order valence-electron chi connectivity index (χ4n) is 2.65. The van der Waals surface area contributed by atoms with Crippen LogP contribution in [0.25, 0.3) is 0 Å². The highest BCUT2D eigenvalue weighted by Gasteiger charge is 2.62. The van der Waals surface area contributed by atoms with E-state index in [4.69, 9.17) is 0 Å². The van der Waals surface area contributed by atoms with Crippen LogP contribution in [0.3, 0.4) is 0 Å². The second kappa shape index (κ2) is 3.22. The van der Waals surface area contributed by atoms with Gasteiger partial charge in [-0.1, -0.05) is 32.9 Å². The molecule has 1 spiro atoms. The van der Waals surface area contributed by atoms with Gasteiger partial charge in [0.25, 0.3) is 0 Å². The molecule has 2 aliphatic rings. The zero-order valence-electron chi connectivity index (χ0n) is 11.0. The second-order valence-corrected chi connectivity index (χ2v) is 6.27. The molecule has 1 amide bonds. The summed E-state index contributed by atoms with van der Waals surface area (Å²) in [5.74, 6) is 0.161. The van der Waals surface area contributed by atoms with Crippen LogP contribution in [0.2, 0.25) is 0 Å². The summed E-state index contributed by atoms with van der Waals surface area (Å²) < 4.78 is 0. The van der Waals surface area contributed by atoms with Crippen LogP contribution >= 0.6 is 0 Å². The maximum Gasteiger partial charge on any atom is 0.233 e. The minimum Gasteiger partial charge on any atom is -0.298 e. The molecule has 0 N–H and O–H groups in total. The largest absolute Gasteiger partial charge is 0.298 e. The number of benzene rings is 1. The minimum atomic E-state index is -0.548. The fraction of sp³-hybridized carbons (Fsp3) is 0.467. The molecule has 1 heterocycles. The summed E-state index contributed by atoms with van der Waals surface area (Å²) in [4.78, 5) is 26.8. The van der Waals surface area contributed by atoms with E-state index in [1.54, 1.807) is 4.90 Å². The van der Waals surface area contributed by atoms with Crippen LogP contribution in [0.1, 0.15) is 44.0 Å². The van der Waals surface area contributed by atoms with Gasteiger partial charge in [-0.2, -0.15) is 0 Å². The van der Waals surface area contributed by atoms with Gasteiger partial charge < -0.3 is 0 Å². The lowest BCUT2D eigenvalue weighted by Gasteiger charge is -2.30. The Balaban J connectivity index is 2.15. The van der Waals surface area contributed by atoms with Gasteiger partial charge in [-0.05, 0) is 25.0 Å². The Morgan fingerprint density at radius 2 is 1.83 bits per heavy atom. The van der Waals surface area contributed by atoms with Crippen molar-refractivity contribution in [3.8, 4) is 0 Å². The molecule has 1 aliphatic carbocycles. The van der Waals surface area contributed by atoms with Crippen molar-refractivity contribution in [2.45, 2.75) is 39.2 Å². The van der Waals surface area contributed by atoms with Crippen LogP contribution in [-0.2, 0) is 4.79 Å². The van der Waals surface area contributed by atoms with Crippen molar-refractivity contribution in [2.75, 3.05) is 4.90 Å². The maximum absolute atomic E-state index is 12.6. The Labute approximate surface area is 107 Å². The molecule has 1 aromatic rings. The molecular weight excluding hydrogens is 226 g/mol. The van der Waals surface area contributed by atoms with E-state index in [0.29, 0.717) is 5.56 Å². The molecule has 0 radical (unpaired) electrons. The second-order valence-electron chi connectivity index (χ2n) is 6.27. The third kappa shape index (κ3) is 1.30. The number of hydrogen-bond donors (Lipinski definition) is 0. The van der Waals surface area contributed by atoms with E-state index in [2.05, 4.69) is 0 Å². The molecule has 1 fully saturated rings. The molecule has 1 aromatic carbocycles. The third-order valence-corrected chi connectivity index (χ3v) is 3.81. The predicted octanol–water partition coefficient (Wildman–Crippen LogP) is 2.79. The van der Waals surface area contributed by atoms with Crippen LogP contribution in [0.5, 0.6) is 0 Å². The Hall–Kier alpha value is -1.64. The van der Waals surface area contributed by atoms with Crippen molar-refractivity contribution < 1.29 is 9.59 Å². The summed E-state index contributed by atoms with van der Waals surface area (Å²) >= 11 is 0. The number of anilines is 1. The molecule has 0 aromatic heterocycles. The molecule has 3 heteroatoms. The number of rotatable bonds is 0. The summed E-state index contributed by atoms with van der Waals surface area (Å²) in [6.07, 6.45) is 1.59. The van der Waals surface area contributed by atoms with E-state index in [0.717, 1.165) is 18.5 Å². The Kier molecular flexibility index (Phi) is 2.05. The molecule has 0 bridgehead atoms. The molecule has 3 nitrogen and oxygen atoms in total. The van der Waals surface area contributed by atoms with Gasteiger partial charge >= 0.3 is 0 Å². The van der Waals surface area contributed by atoms with Crippen molar-refractivity contribution in [1.82, 2.24) is 0 Å². The highest BCUT2D eigenvalue weighted by atomic mass is 16.2. The lowest BCUT2D eigenvalue weighted by atomic mass is 9.93. The van der Waals surface area contributed by atoms with Gasteiger partial charge in [-0.15, -0.1) is 0 Å². The van der Waals surface area contributed by atoms with Crippen LogP contribution in [-0.4, -0.2) is 17.2 Å². The number of carbonyl (C=O) groups excluding carboxylic acids is 2. The smallest absolute Gasteiger partial charge is 0.233 e. The zero-order chi connectivity index (χ0) is 13.1. The van der Waals surface area contributed by atoms with Gasteiger partial charge in [-0.25, -0.2) is 0 Å². The van der Waals surface area contributed by atoms with E-state index < -0.39 is 11.0 Å². The van der Waals surface area contributed by atoms with Crippen molar-refractivity contribution in [3.63, 3.8) is 0 Å². The molecule has 1 aliphatic heterocycles. The van der Waals surface area contributed by atoms with E-state index in [1.165, 1.54) is 0 Å². The summed E-state index contributed by atoms with van der Waals surface area (Å²) in [6, 6.07) is 7.45. The van der Waals surface area contributed by atoms with Gasteiger partial charge in [0.1, 0.15) is 5.54 Å². The Morgan fingerprint density at radius 1 is 1.22 bits per heavy atom. The van der Waals surface area contributed by atoms with Crippen molar-refractivity contribution in [2.24, 2.45) is 5.41 Å². The molecule has 1 saturated carbocycles. The van der Waals surface area contributed by atoms with Crippen LogP contribution in [0.15, 0.2) is 24.3 Å². The average Bonchev–Trinajstić information content (AvgIpc) is 3.04. The first kappa shape index (κ1) is 11.5. The standard InChI is InChI=1S/C15H17NO2/c1-14(2,3)13(18)16-11-7-5-4-6-10(11)12(17)15(16)8-9-15/h4-7H,8-9H2,1-3H3. The maximum atomic E-state index is 12.6. The van der Waals surface area contributed by atoms with Gasteiger partial charge in [-0.3, -0.25) is 14.5 Å². The lowest BCUT2D eigenvalue weighted by Crippen LogP contribution is -2.47. The van der Waals surface area contributed by atoms with E-state index in [-0.39, 0.29) is 11.7 Å². The number of amides is 1. The van der Waals surface area contributed by atoms with Crippen LogP contribution in [0, 0.1) is 5.41 Å². The number of ketones is 1.